The van der Waals surface area contributed by atoms with E-state index in [-0.39, 0.29) is 0 Å². The maximum Gasteiger partial charge on any atom is 0.0541 e. The van der Waals surface area contributed by atoms with Gasteiger partial charge in [-0.3, -0.25) is 0 Å². The number of hydrogen-bond donors (Lipinski definition) is 0. The van der Waals surface area contributed by atoms with Crippen LogP contribution in [0.5, 0.6) is 0 Å². The average Bonchev–Trinajstić information content (AvgIpc) is 3.35. The highest BCUT2D eigenvalue weighted by molar-refractivity contribution is 6.10. The second-order valence-corrected chi connectivity index (χ2v) is 10.9. The third kappa shape index (κ3) is 4.30. The molecule has 40 heavy (non-hydrogen) atoms. The Morgan fingerprint density at radius 3 is 1.60 bits per heavy atom. The van der Waals surface area contributed by atoms with Crippen LogP contribution in [0.4, 0.5) is 0 Å². The molecule has 0 aliphatic rings. The number of nitrogens with zero attached hydrogens (tertiary/aromatic N) is 1. The molecule has 0 radical (unpaired) electrons. The minimum Gasteiger partial charge on any atom is -0.309 e. The summed E-state index contributed by atoms with van der Waals surface area (Å²) in [6.07, 6.45) is 0. The summed E-state index contributed by atoms with van der Waals surface area (Å²) in [5, 5.41) is 2.54. The van der Waals surface area contributed by atoms with Gasteiger partial charge in [0.2, 0.25) is 0 Å². The van der Waals surface area contributed by atoms with Gasteiger partial charge < -0.3 is 4.57 Å². The highest BCUT2D eigenvalue weighted by atomic mass is 15.0. The predicted octanol–water partition coefficient (Wildman–Crippen LogP) is 10.9. The molecular weight excluding hydrogens is 482 g/mol. The topological polar surface area (TPSA) is 4.93 Å². The fraction of sp³-hybridized carbons (Fsp3) is 0.0769. The van der Waals surface area contributed by atoms with Gasteiger partial charge in [0.15, 0.2) is 0 Å². The fourth-order valence-corrected chi connectivity index (χ4v) is 5.83. The van der Waals surface area contributed by atoms with Crippen LogP contribution in [-0.2, 0) is 0 Å². The lowest BCUT2D eigenvalue weighted by Crippen LogP contribution is -1.93. The molecule has 0 saturated heterocycles. The molecule has 6 aromatic carbocycles. The van der Waals surface area contributed by atoms with E-state index in [1.807, 2.05) is 0 Å². The fourth-order valence-electron chi connectivity index (χ4n) is 5.83. The summed E-state index contributed by atoms with van der Waals surface area (Å²) in [6, 6.07) is 53.0. The van der Waals surface area contributed by atoms with Crippen molar-refractivity contribution in [2.75, 3.05) is 0 Å². The highest BCUT2D eigenvalue weighted by Crippen LogP contribution is 2.37. The van der Waals surface area contributed by atoms with Gasteiger partial charge in [0.1, 0.15) is 0 Å². The van der Waals surface area contributed by atoms with Gasteiger partial charge in [0, 0.05) is 16.5 Å². The maximum atomic E-state index is 2.37. The van der Waals surface area contributed by atoms with Crippen molar-refractivity contribution < 1.29 is 0 Å². The van der Waals surface area contributed by atoms with E-state index in [9.17, 15) is 0 Å². The van der Waals surface area contributed by atoms with Crippen LogP contribution in [0.1, 0.15) is 25.3 Å². The Morgan fingerprint density at radius 1 is 0.400 bits per heavy atom. The zero-order valence-electron chi connectivity index (χ0n) is 22.9. The third-order valence-electron chi connectivity index (χ3n) is 7.97. The first-order valence-corrected chi connectivity index (χ1v) is 14.1. The van der Waals surface area contributed by atoms with E-state index in [0.717, 1.165) is 0 Å². The first kappa shape index (κ1) is 24.2. The van der Waals surface area contributed by atoms with Crippen molar-refractivity contribution in [2.24, 2.45) is 0 Å². The molecular formula is C39H31N. The first-order valence-electron chi connectivity index (χ1n) is 14.1. The zero-order chi connectivity index (χ0) is 27.1. The monoisotopic (exact) mass is 513 g/mol. The molecule has 0 bridgehead atoms. The normalized spacial score (nSPS) is 11.5. The second-order valence-electron chi connectivity index (χ2n) is 10.9. The minimum atomic E-state index is 0.519. The van der Waals surface area contributed by atoms with E-state index in [2.05, 4.69) is 164 Å². The lowest BCUT2D eigenvalue weighted by molar-refractivity contribution is 0.867. The Labute approximate surface area is 236 Å². The summed E-state index contributed by atoms with van der Waals surface area (Å²) < 4.78 is 2.37. The van der Waals surface area contributed by atoms with Crippen molar-refractivity contribution in [1.82, 2.24) is 4.57 Å². The van der Waals surface area contributed by atoms with Crippen molar-refractivity contribution in [3.05, 3.63) is 151 Å². The van der Waals surface area contributed by atoms with Crippen LogP contribution in [0.3, 0.4) is 0 Å². The van der Waals surface area contributed by atoms with Gasteiger partial charge in [-0.05, 0) is 93.4 Å². The molecule has 1 heterocycles. The van der Waals surface area contributed by atoms with Crippen molar-refractivity contribution in [3.8, 4) is 39.1 Å². The molecule has 0 amide bonds. The molecule has 0 spiro atoms. The Kier molecular flexibility index (Phi) is 6.06. The van der Waals surface area contributed by atoms with Crippen LogP contribution in [0.15, 0.2) is 146 Å². The summed E-state index contributed by atoms with van der Waals surface area (Å²) in [7, 11) is 0. The quantitative estimate of drug-likeness (QED) is 0.216. The molecule has 192 valence electrons. The Hall–Kier alpha value is -4.88. The van der Waals surface area contributed by atoms with E-state index >= 15 is 0 Å². The van der Waals surface area contributed by atoms with Gasteiger partial charge in [-0.15, -0.1) is 0 Å². The SMILES string of the molecule is CC(C)c1ccc(-c2cc(-c3ccccc3)cc(-c3ccc4c(c3)c3ccccc3n4-c3ccccc3)c2)cc1. The molecule has 0 aliphatic heterocycles. The van der Waals surface area contributed by atoms with Gasteiger partial charge in [-0.25, -0.2) is 0 Å². The molecule has 7 aromatic rings. The van der Waals surface area contributed by atoms with Crippen molar-refractivity contribution in [1.29, 1.82) is 0 Å². The molecule has 1 heteroatoms. The number of aromatic nitrogens is 1. The molecule has 0 saturated carbocycles. The third-order valence-corrected chi connectivity index (χ3v) is 7.97. The largest absolute Gasteiger partial charge is 0.309 e. The number of benzene rings is 6. The standard InChI is InChI=1S/C39H31N/c1-27(2)28-17-19-30(20-18-28)33-23-32(29-11-5-3-6-12-29)24-34(25-33)31-21-22-39-37(26-31)36-15-9-10-16-38(36)40(39)35-13-7-4-8-14-35/h3-27H,1-2H3. The van der Waals surface area contributed by atoms with Crippen molar-refractivity contribution in [2.45, 2.75) is 19.8 Å². The van der Waals surface area contributed by atoms with Crippen LogP contribution in [0, 0.1) is 0 Å². The van der Waals surface area contributed by atoms with Gasteiger partial charge >= 0.3 is 0 Å². The van der Waals surface area contributed by atoms with Gasteiger partial charge in [0.05, 0.1) is 11.0 Å². The van der Waals surface area contributed by atoms with Crippen LogP contribution in [0.25, 0.3) is 60.9 Å². The van der Waals surface area contributed by atoms with Crippen LogP contribution in [-0.4, -0.2) is 4.57 Å². The van der Waals surface area contributed by atoms with E-state index in [4.69, 9.17) is 0 Å². The molecule has 0 N–H and O–H groups in total. The number of hydrogen-bond acceptors (Lipinski definition) is 0. The Morgan fingerprint density at radius 2 is 0.925 bits per heavy atom. The molecule has 0 aliphatic carbocycles. The van der Waals surface area contributed by atoms with Crippen molar-refractivity contribution in [3.63, 3.8) is 0 Å². The zero-order valence-corrected chi connectivity index (χ0v) is 22.9. The number of fused-ring (bicyclic) bond motifs is 3. The van der Waals surface area contributed by atoms with Crippen LogP contribution < -0.4 is 0 Å². The minimum absolute atomic E-state index is 0.519. The molecule has 1 aromatic heterocycles. The summed E-state index contributed by atoms with van der Waals surface area (Å²) >= 11 is 0. The molecule has 0 unspecified atom stereocenters. The van der Waals surface area contributed by atoms with Gasteiger partial charge in [-0.2, -0.15) is 0 Å². The maximum absolute atomic E-state index is 2.37. The van der Waals surface area contributed by atoms with E-state index in [0.29, 0.717) is 5.92 Å². The van der Waals surface area contributed by atoms with E-state index < -0.39 is 0 Å². The van der Waals surface area contributed by atoms with Gasteiger partial charge in [-0.1, -0.05) is 111 Å². The predicted molar refractivity (Wildman–Crippen MR) is 171 cm³/mol. The smallest absolute Gasteiger partial charge is 0.0541 e. The summed E-state index contributed by atoms with van der Waals surface area (Å²) in [5.74, 6) is 0.519. The lowest BCUT2D eigenvalue weighted by Gasteiger charge is -2.13. The van der Waals surface area contributed by atoms with Crippen LogP contribution in [0.2, 0.25) is 0 Å². The highest BCUT2D eigenvalue weighted by Gasteiger charge is 2.14. The Balaban J connectivity index is 1.43. The number of rotatable bonds is 5. The molecule has 7 rings (SSSR count). The summed E-state index contributed by atoms with van der Waals surface area (Å²) in [6.45, 7) is 4.49. The van der Waals surface area contributed by atoms with E-state index in [1.165, 1.54) is 66.4 Å². The van der Waals surface area contributed by atoms with Crippen LogP contribution >= 0.6 is 0 Å². The van der Waals surface area contributed by atoms with E-state index in [1.54, 1.807) is 0 Å². The average molecular weight is 514 g/mol. The molecule has 0 fully saturated rings. The molecule has 0 atom stereocenters. The lowest BCUT2D eigenvalue weighted by atomic mass is 9.92. The summed E-state index contributed by atoms with van der Waals surface area (Å²) in [5.41, 5.74) is 12.4. The second kappa shape index (κ2) is 10.0. The molecule has 1 nitrogen and oxygen atoms in total. The summed E-state index contributed by atoms with van der Waals surface area (Å²) in [4.78, 5) is 0. The number of para-hydroxylation sites is 2. The van der Waals surface area contributed by atoms with Gasteiger partial charge in [0.25, 0.3) is 0 Å². The first-order chi connectivity index (χ1) is 19.7. The Bertz CT molecular complexity index is 1940. The van der Waals surface area contributed by atoms with Crippen molar-refractivity contribution >= 4 is 21.8 Å².